The van der Waals surface area contributed by atoms with Gasteiger partial charge in [-0.05, 0) is 23.6 Å². The Bertz CT molecular complexity index is 738. The zero-order chi connectivity index (χ0) is 17.4. The van der Waals surface area contributed by atoms with Crippen LogP contribution in [-0.2, 0) is 25.5 Å². The van der Waals surface area contributed by atoms with Gasteiger partial charge in [0.05, 0.1) is 20.3 Å². The lowest BCUT2D eigenvalue weighted by Gasteiger charge is -2.13. The molecule has 0 aliphatic carbocycles. The van der Waals surface area contributed by atoms with Crippen molar-refractivity contribution in [3.63, 3.8) is 0 Å². The minimum atomic E-state index is -0.644. The second-order valence-electron chi connectivity index (χ2n) is 5.02. The number of carbonyl (C=O) groups is 2. The molecule has 1 N–H and O–H groups in total. The molecule has 0 amide bonds. The molecular weight excluding hydrogens is 306 g/mol. The van der Waals surface area contributed by atoms with Crippen LogP contribution in [0.2, 0.25) is 0 Å². The van der Waals surface area contributed by atoms with Crippen molar-refractivity contribution in [2.45, 2.75) is 6.42 Å². The number of esters is 2. The van der Waals surface area contributed by atoms with Gasteiger partial charge in [-0.2, -0.15) is 0 Å². The summed E-state index contributed by atoms with van der Waals surface area (Å²) in [5, 5.41) is 2.97. The van der Waals surface area contributed by atoms with Crippen molar-refractivity contribution in [1.82, 2.24) is 0 Å². The second-order valence-corrected chi connectivity index (χ2v) is 5.02. The summed E-state index contributed by atoms with van der Waals surface area (Å²) in [4.78, 5) is 23.3. The monoisotopic (exact) mass is 325 g/mol. The molecule has 24 heavy (non-hydrogen) atoms. The van der Waals surface area contributed by atoms with E-state index in [0.29, 0.717) is 6.42 Å². The molecule has 0 spiro atoms. The molecule has 0 atom stereocenters. The second kappa shape index (κ2) is 8.53. The van der Waals surface area contributed by atoms with Gasteiger partial charge in [0.2, 0.25) is 0 Å². The van der Waals surface area contributed by atoms with Gasteiger partial charge >= 0.3 is 11.9 Å². The lowest BCUT2D eigenvalue weighted by Crippen LogP contribution is -2.16. The van der Waals surface area contributed by atoms with E-state index < -0.39 is 11.9 Å². The van der Waals surface area contributed by atoms with Crippen LogP contribution < -0.4 is 5.32 Å². The number of hydrogen-bond acceptors (Lipinski definition) is 5. The maximum Gasteiger partial charge on any atom is 0.354 e. The first-order valence-corrected chi connectivity index (χ1v) is 7.41. The van der Waals surface area contributed by atoms with Crippen LogP contribution in [-0.4, -0.2) is 26.2 Å². The van der Waals surface area contributed by atoms with Crippen LogP contribution in [0, 0.1) is 0 Å². The third-order valence-electron chi connectivity index (χ3n) is 3.39. The zero-order valence-electron chi connectivity index (χ0n) is 13.6. The molecule has 0 aliphatic heterocycles. The molecule has 0 saturated carbocycles. The molecule has 2 aromatic rings. The molecule has 0 heterocycles. The number of carbonyl (C=O) groups excluding carboxylic acids is 2. The standard InChI is InChI=1S/C19H19NO4/c1-23-18(21)13-17(19(22)24-2)20-16-11-7-6-10-15(16)12-14-8-4-3-5-9-14/h3-11,13,20H,12H2,1-2H3/b17-13+. The first kappa shape index (κ1) is 17.3. The number of rotatable bonds is 6. The molecule has 5 nitrogen and oxygen atoms in total. The Morgan fingerprint density at radius 1 is 0.958 bits per heavy atom. The van der Waals surface area contributed by atoms with Crippen molar-refractivity contribution >= 4 is 17.6 Å². The van der Waals surface area contributed by atoms with Crippen molar-refractivity contribution in [3.05, 3.63) is 77.5 Å². The lowest BCUT2D eigenvalue weighted by atomic mass is 10.0. The quantitative estimate of drug-likeness (QED) is 0.653. The zero-order valence-corrected chi connectivity index (χ0v) is 13.6. The molecule has 5 heteroatoms. The molecule has 0 fully saturated rings. The molecule has 0 aromatic heterocycles. The summed E-state index contributed by atoms with van der Waals surface area (Å²) in [6, 6.07) is 17.5. The Hall–Kier alpha value is -3.08. The van der Waals surface area contributed by atoms with Crippen LogP contribution in [0.3, 0.4) is 0 Å². The number of para-hydroxylation sites is 1. The summed E-state index contributed by atoms with van der Waals surface area (Å²) < 4.78 is 9.29. The fourth-order valence-electron chi connectivity index (χ4n) is 2.19. The van der Waals surface area contributed by atoms with Gasteiger partial charge in [-0.15, -0.1) is 0 Å². The molecular formula is C19H19NO4. The van der Waals surface area contributed by atoms with Gasteiger partial charge in [-0.1, -0.05) is 48.5 Å². The van der Waals surface area contributed by atoms with E-state index in [9.17, 15) is 9.59 Å². The van der Waals surface area contributed by atoms with Gasteiger partial charge in [-0.3, -0.25) is 0 Å². The highest BCUT2D eigenvalue weighted by Crippen LogP contribution is 2.21. The fourth-order valence-corrected chi connectivity index (χ4v) is 2.19. The number of benzene rings is 2. The SMILES string of the molecule is COC(=O)/C=C(/Nc1ccccc1Cc1ccccc1)C(=O)OC. The van der Waals surface area contributed by atoms with E-state index in [4.69, 9.17) is 4.74 Å². The predicted octanol–water partition coefficient (Wildman–Crippen LogP) is 2.92. The average Bonchev–Trinajstić information content (AvgIpc) is 2.62. The summed E-state index contributed by atoms with van der Waals surface area (Å²) in [5.74, 6) is -1.28. The molecule has 0 aliphatic rings. The van der Waals surface area contributed by atoms with E-state index in [1.165, 1.54) is 14.2 Å². The van der Waals surface area contributed by atoms with Crippen molar-refractivity contribution in [2.24, 2.45) is 0 Å². The molecule has 0 saturated heterocycles. The Morgan fingerprint density at radius 3 is 2.29 bits per heavy atom. The van der Waals surface area contributed by atoms with Gasteiger partial charge in [0.15, 0.2) is 0 Å². The van der Waals surface area contributed by atoms with E-state index in [1.807, 2.05) is 54.6 Å². The van der Waals surface area contributed by atoms with E-state index in [1.54, 1.807) is 0 Å². The Kier molecular flexibility index (Phi) is 6.14. The largest absolute Gasteiger partial charge is 0.466 e. The summed E-state index contributed by atoms with van der Waals surface area (Å²) in [6.07, 6.45) is 1.77. The molecule has 0 radical (unpaired) electrons. The average molecular weight is 325 g/mol. The van der Waals surface area contributed by atoms with Gasteiger partial charge < -0.3 is 14.8 Å². The van der Waals surface area contributed by atoms with Crippen LogP contribution in [0.1, 0.15) is 11.1 Å². The van der Waals surface area contributed by atoms with Crippen LogP contribution in [0.25, 0.3) is 0 Å². The predicted molar refractivity (Wildman–Crippen MR) is 91.4 cm³/mol. The maximum absolute atomic E-state index is 11.9. The number of nitrogens with one attached hydrogen (secondary N) is 1. The topological polar surface area (TPSA) is 64.6 Å². The number of methoxy groups -OCH3 is 2. The van der Waals surface area contributed by atoms with Gasteiger partial charge in [0, 0.05) is 5.69 Å². The third kappa shape index (κ3) is 4.71. The van der Waals surface area contributed by atoms with Gasteiger partial charge in [0.25, 0.3) is 0 Å². The molecule has 2 aromatic carbocycles. The van der Waals surface area contributed by atoms with Crippen molar-refractivity contribution < 1.29 is 19.1 Å². The summed E-state index contributed by atoms with van der Waals surface area (Å²) in [7, 11) is 2.50. The number of anilines is 1. The number of hydrogen-bond donors (Lipinski definition) is 1. The smallest absolute Gasteiger partial charge is 0.354 e. The van der Waals surface area contributed by atoms with E-state index >= 15 is 0 Å². The maximum atomic E-state index is 11.9. The highest BCUT2D eigenvalue weighted by Gasteiger charge is 2.14. The normalized spacial score (nSPS) is 10.8. The molecule has 2 rings (SSSR count). The molecule has 0 unspecified atom stereocenters. The number of ether oxygens (including phenoxy) is 2. The summed E-state index contributed by atoms with van der Waals surface area (Å²) in [6.45, 7) is 0. The first-order valence-electron chi connectivity index (χ1n) is 7.41. The highest BCUT2D eigenvalue weighted by molar-refractivity contribution is 5.98. The van der Waals surface area contributed by atoms with E-state index in [2.05, 4.69) is 10.1 Å². The van der Waals surface area contributed by atoms with E-state index in [0.717, 1.165) is 22.9 Å². The first-order chi connectivity index (χ1) is 11.6. The summed E-state index contributed by atoms with van der Waals surface area (Å²) in [5.41, 5.74) is 2.87. The molecule has 124 valence electrons. The van der Waals surface area contributed by atoms with Crippen molar-refractivity contribution in [3.8, 4) is 0 Å². The Balaban J connectivity index is 2.29. The highest BCUT2D eigenvalue weighted by atomic mass is 16.5. The fraction of sp³-hybridized carbons (Fsp3) is 0.158. The van der Waals surface area contributed by atoms with Crippen LogP contribution >= 0.6 is 0 Å². The summed E-state index contributed by atoms with van der Waals surface area (Å²) >= 11 is 0. The van der Waals surface area contributed by atoms with E-state index in [-0.39, 0.29) is 5.70 Å². The Labute approximate surface area is 140 Å². The third-order valence-corrected chi connectivity index (χ3v) is 3.39. The minimum absolute atomic E-state index is 0.0184. The minimum Gasteiger partial charge on any atom is -0.466 e. The van der Waals surface area contributed by atoms with Gasteiger partial charge in [-0.25, -0.2) is 9.59 Å². The van der Waals surface area contributed by atoms with Crippen LogP contribution in [0.4, 0.5) is 5.69 Å². The van der Waals surface area contributed by atoms with Crippen LogP contribution in [0.5, 0.6) is 0 Å². The van der Waals surface area contributed by atoms with Crippen molar-refractivity contribution in [1.29, 1.82) is 0 Å². The van der Waals surface area contributed by atoms with Gasteiger partial charge in [0.1, 0.15) is 5.70 Å². The Morgan fingerprint density at radius 2 is 1.62 bits per heavy atom. The van der Waals surface area contributed by atoms with Crippen molar-refractivity contribution in [2.75, 3.05) is 19.5 Å². The lowest BCUT2D eigenvalue weighted by molar-refractivity contribution is -0.138. The van der Waals surface area contributed by atoms with Crippen LogP contribution in [0.15, 0.2) is 66.4 Å². The molecule has 0 bridgehead atoms.